The second kappa shape index (κ2) is 6.16. The number of hydrogen-bond donors (Lipinski definition) is 1. The van der Waals surface area contributed by atoms with Gasteiger partial charge in [0.15, 0.2) is 0 Å². The molecule has 0 fully saturated rings. The van der Waals surface area contributed by atoms with Gasteiger partial charge in [-0.1, -0.05) is 29.5 Å². The first-order valence-electron chi connectivity index (χ1n) is 7.55. The van der Waals surface area contributed by atoms with Crippen LogP contribution in [0.25, 0.3) is 0 Å². The second-order valence-electron chi connectivity index (χ2n) is 6.40. The van der Waals surface area contributed by atoms with Crippen molar-refractivity contribution in [3.63, 3.8) is 0 Å². The quantitative estimate of drug-likeness (QED) is 0.932. The van der Waals surface area contributed by atoms with Gasteiger partial charge in [-0.3, -0.25) is 4.90 Å². The zero-order valence-corrected chi connectivity index (χ0v) is 14.3. The summed E-state index contributed by atoms with van der Waals surface area (Å²) in [6, 6.07) is 6.11. The second-order valence-corrected chi connectivity index (χ2v) is 7.24. The van der Waals surface area contributed by atoms with E-state index < -0.39 is 5.60 Å². The molecule has 1 amide bonds. The van der Waals surface area contributed by atoms with Crippen molar-refractivity contribution in [2.24, 2.45) is 0 Å². The number of fused-ring (bicyclic) bond motifs is 1. The summed E-state index contributed by atoms with van der Waals surface area (Å²) in [7, 11) is 0. The van der Waals surface area contributed by atoms with Crippen molar-refractivity contribution in [1.82, 2.24) is 10.2 Å². The van der Waals surface area contributed by atoms with Crippen molar-refractivity contribution in [2.75, 3.05) is 16.8 Å². The van der Waals surface area contributed by atoms with Crippen molar-refractivity contribution < 1.29 is 9.53 Å². The molecule has 0 atom stereocenters. The maximum atomic E-state index is 12.5. The number of nitrogens with one attached hydrogen (secondary N) is 1. The highest BCUT2D eigenvalue weighted by Gasteiger charge is 2.30. The van der Waals surface area contributed by atoms with Crippen LogP contribution in [0, 0.1) is 0 Å². The van der Waals surface area contributed by atoms with Gasteiger partial charge in [-0.2, -0.15) is 0 Å². The smallest absolute Gasteiger partial charge is 0.414 e. The van der Waals surface area contributed by atoms with E-state index >= 15 is 0 Å². The van der Waals surface area contributed by atoms with E-state index in [0.717, 1.165) is 22.8 Å². The molecule has 1 aromatic carbocycles. The van der Waals surface area contributed by atoms with E-state index in [1.165, 1.54) is 16.9 Å². The third-order valence-corrected chi connectivity index (χ3v) is 4.13. The Morgan fingerprint density at radius 3 is 2.96 bits per heavy atom. The van der Waals surface area contributed by atoms with Crippen LogP contribution in [0.3, 0.4) is 0 Å². The molecule has 1 aliphatic rings. The van der Waals surface area contributed by atoms with Crippen LogP contribution < -0.4 is 10.2 Å². The maximum Gasteiger partial charge on any atom is 0.414 e. The predicted molar refractivity (Wildman–Crippen MR) is 91.0 cm³/mol. The lowest BCUT2D eigenvalue weighted by Crippen LogP contribution is -2.36. The molecule has 1 aromatic heterocycles. The van der Waals surface area contributed by atoms with E-state index in [9.17, 15) is 4.79 Å². The maximum absolute atomic E-state index is 12.5. The minimum Gasteiger partial charge on any atom is -0.443 e. The van der Waals surface area contributed by atoms with Gasteiger partial charge in [0.2, 0.25) is 5.13 Å². The van der Waals surface area contributed by atoms with Gasteiger partial charge in [0.05, 0.1) is 5.69 Å². The number of carbonyl (C=O) groups excluding carboxylic acids is 1. The van der Waals surface area contributed by atoms with E-state index in [0.29, 0.717) is 13.1 Å². The number of rotatable bonds is 3. The molecule has 7 heteroatoms. The molecule has 0 saturated heterocycles. The normalized spacial score (nSPS) is 13.8. The fourth-order valence-corrected chi connectivity index (χ4v) is 3.04. The summed E-state index contributed by atoms with van der Waals surface area (Å²) in [6.07, 6.45) is 0.556. The number of ether oxygens (including phenoxy) is 1. The lowest BCUT2D eigenvalue weighted by molar-refractivity contribution is 0.0583. The summed E-state index contributed by atoms with van der Waals surface area (Å²) in [5.41, 5.74) is 4.37. The van der Waals surface area contributed by atoms with Crippen molar-refractivity contribution in [3.8, 4) is 0 Å². The van der Waals surface area contributed by atoms with E-state index in [4.69, 9.17) is 4.74 Å². The van der Waals surface area contributed by atoms with Gasteiger partial charge in [-0.05, 0) is 38.3 Å². The molecule has 0 bridgehead atoms. The lowest BCUT2D eigenvalue weighted by Gasteiger charge is -2.26. The third kappa shape index (κ3) is 3.61. The van der Waals surface area contributed by atoms with Gasteiger partial charge in [0.25, 0.3) is 0 Å². The number of aromatic nitrogens is 2. The average Bonchev–Trinajstić information content (AvgIpc) is 3.12. The topological polar surface area (TPSA) is 67.3 Å². The molecule has 0 saturated carbocycles. The molecule has 0 radical (unpaired) electrons. The van der Waals surface area contributed by atoms with Crippen LogP contribution in [0.2, 0.25) is 0 Å². The van der Waals surface area contributed by atoms with Gasteiger partial charge in [-0.15, -0.1) is 10.2 Å². The molecule has 2 heterocycles. The Kier molecular flexibility index (Phi) is 4.21. The van der Waals surface area contributed by atoms with E-state index in [2.05, 4.69) is 21.6 Å². The van der Waals surface area contributed by atoms with E-state index in [1.807, 2.05) is 32.9 Å². The van der Waals surface area contributed by atoms with Gasteiger partial charge in [0.1, 0.15) is 11.1 Å². The molecule has 23 heavy (non-hydrogen) atoms. The zero-order valence-electron chi connectivity index (χ0n) is 13.5. The van der Waals surface area contributed by atoms with Crippen molar-refractivity contribution in [1.29, 1.82) is 0 Å². The number of amides is 1. The zero-order chi connectivity index (χ0) is 16.4. The minimum absolute atomic E-state index is 0.292. The minimum atomic E-state index is -0.500. The van der Waals surface area contributed by atoms with E-state index in [-0.39, 0.29) is 6.09 Å². The van der Waals surface area contributed by atoms with Crippen LogP contribution in [-0.4, -0.2) is 28.4 Å². The molecule has 6 nitrogen and oxygen atoms in total. The highest BCUT2D eigenvalue weighted by atomic mass is 32.1. The van der Waals surface area contributed by atoms with Gasteiger partial charge >= 0.3 is 6.09 Å². The van der Waals surface area contributed by atoms with E-state index in [1.54, 1.807) is 10.4 Å². The van der Waals surface area contributed by atoms with Gasteiger partial charge < -0.3 is 10.1 Å². The number of nitrogens with zero attached hydrogens (tertiary/aromatic N) is 3. The Balaban J connectivity index is 1.81. The predicted octanol–water partition coefficient (Wildman–Crippen LogP) is 3.45. The molecule has 0 spiro atoms. The summed E-state index contributed by atoms with van der Waals surface area (Å²) >= 11 is 1.45. The highest BCUT2D eigenvalue weighted by Crippen LogP contribution is 2.33. The highest BCUT2D eigenvalue weighted by molar-refractivity contribution is 7.13. The molecule has 3 rings (SSSR count). The van der Waals surface area contributed by atoms with Crippen LogP contribution in [-0.2, 0) is 17.7 Å². The number of carbonyl (C=O) groups is 1. The van der Waals surface area contributed by atoms with Crippen LogP contribution >= 0.6 is 11.3 Å². The standard InChI is InChI=1S/C16H20N4O2S/c1-16(2,3)22-15(21)20-8-7-11-5-4-6-12(13(11)20)9-17-14-19-18-10-23-14/h4-6,10H,7-9H2,1-3H3,(H,17,19). The van der Waals surface area contributed by atoms with Crippen molar-refractivity contribution in [2.45, 2.75) is 39.3 Å². The first-order chi connectivity index (χ1) is 10.9. The molecule has 122 valence electrons. The first kappa shape index (κ1) is 15.7. The third-order valence-electron chi connectivity index (χ3n) is 3.48. The summed E-state index contributed by atoms with van der Waals surface area (Å²) in [5, 5.41) is 11.8. The van der Waals surface area contributed by atoms with Gasteiger partial charge in [-0.25, -0.2) is 4.79 Å². The molecule has 0 unspecified atom stereocenters. The number of anilines is 2. The first-order valence-corrected chi connectivity index (χ1v) is 8.43. The fourth-order valence-electron chi connectivity index (χ4n) is 2.60. The molecular formula is C16H20N4O2S. The van der Waals surface area contributed by atoms with Crippen LogP contribution in [0.15, 0.2) is 23.7 Å². The average molecular weight is 332 g/mol. The Bertz CT molecular complexity index is 695. The molecule has 1 aliphatic heterocycles. The summed E-state index contributed by atoms with van der Waals surface area (Å²) in [4.78, 5) is 14.2. The molecular weight excluding hydrogens is 312 g/mol. The Labute approximate surface area is 139 Å². The van der Waals surface area contributed by atoms with Crippen LogP contribution in [0.1, 0.15) is 31.9 Å². The molecule has 2 aromatic rings. The summed E-state index contributed by atoms with van der Waals surface area (Å²) < 4.78 is 5.53. The van der Waals surface area contributed by atoms with Crippen LogP contribution in [0.5, 0.6) is 0 Å². The van der Waals surface area contributed by atoms with Crippen LogP contribution in [0.4, 0.5) is 15.6 Å². The van der Waals surface area contributed by atoms with Gasteiger partial charge in [0, 0.05) is 13.1 Å². The Morgan fingerprint density at radius 1 is 1.43 bits per heavy atom. The van der Waals surface area contributed by atoms with Crippen molar-refractivity contribution >= 4 is 28.2 Å². The monoisotopic (exact) mass is 332 g/mol. The molecule has 1 N–H and O–H groups in total. The largest absolute Gasteiger partial charge is 0.443 e. The summed E-state index contributed by atoms with van der Waals surface area (Å²) in [5.74, 6) is 0. The SMILES string of the molecule is CC(C)(C)OC(=O)N1CCc2cccc(CNc3nncs3)c21. The van der Waals surface area contributed by atoms with Crippen molar-refractivity contribution in [3.05, 3.63) is 34.8 Å². The summed E-state index contributed by atoms with van der Waals surface area (Å²) in [6.45, 7) is 6.89. The number of benzene rings is 1. The molecule has 0 aliphatic carbocycles. The number of para-hydroxylation sites is 1. The Hall–Kier alpha value is -2.15. The number of hydrogen-bond acceptors (Lipinski definition) is 6. The fraction of sp³-hybridized carbons (Fsp3) is 0.438. The Morgan fingerprint density at radius 2 is 2.26 bits per heavy atom. The lowest BCUT2D eigenvalue weighted by atomic mass is 10.1.